The third-order valence-electron chi connectivity index (χ3n) is 3.78. The van der Waals surface area contributed by atoms with Crippen molar-refractivity contribution in [3.8, 4) is 21.8 Å². The first-order chi connectivity index (χ1) is 12.7. The number of halogens is 1. The second kappa shape index (κ2) is 7.41. The quantitative estimate of drug-likeness (QED) is 0.431. The van der Waals surface area contributed by atoms with Crippen LogP contribution in [0.3, 0.4) is 0 Å². The van der Waals surface area contributed by atoms with E-state index in [0.29, 0.717) is 9.90 Å². The standard InChI is InChI=1S/C20H13ClN2OS2/c21-15-7-3-14(4-8-15)20-23-17(12-26-20)13-5-9-16(10-6-13)22-19(24)18-2-1-11-25-18/h1-12H,(H,22,24). The van der Waals surface area contributed by atoms with Crippen molar-refractivity contribution < 1.29 is 4.79 Å². The fourth-order valence-electron chi connectivity index (χ4n) is 2.46. The molecule has 128 valence electrons. The van der Waals surface area contributed by atoms with Gasteiger partial charge in [-0.05, 0) is 35.7 Å². The maximum atomic E-state index is 12.1. The van der Waals surface area contributed by atoms with Crippen molar-refractivity contribution in [2.45, 2.75) is 0 Å². The summed E-state index contributed by atoms with van der Waals surface area (Å²) in [5.74, 6) is -0.0913. The smallest absolute Gasteiger partial charge is 0.265 e. The summed E-state index contributed by atoms with van der Waals surface area (Å²) in [6, 6.07) is 19.0. The molecule has 0 unspecified atom stereocenters. The van der Waals surface area contributed by atoms with Crippen LogP contribution in [0.5, 0.6) is 0 Å². The zero-order chi connectivity index (χ0) is 17.9. The Bertz CT molecular complexity index is 1020. The lowest BCUT2D eigenvalue weighted by Gasteiger charge is -2.04. The second-order valence-electron chi connectivity index (χ2n) is 5.55. The van der Waals surface area contributed by atoms with Crippen LogP contribution in [-0.2, 0) is 0 Å². The molecule has 2 aromatic heterocycles. The first-order valence-electron chi connectivity index (χ1n) is 7.86. The summed E-state index contributed by atoms with van der Waals surface area (Å²) in [4.78, 5) is 17.5. The predicted octanol–water partition coefficient (Wildman–Crippen LogP) is 6.44. The molecule has 0 saturated carbocycles. The fraction of sp³-hybridized carbons (Fsp3) is 0. The summed E-state index contributed by atoms with van der Waals surface area (Å²) in [7, 11) is 0. The van der Waals surface area contributed by atoms with Gasteiger partial charge in [-0.3, -0.25) is 4.79 Å². The van der Waals surface area contributed by atoms with Gasteiger partial charge in [0.15, 0.2) is 0 Å². The van der Waals surface area contributed by atoms with Crippen molar-refractivity contribution in [3.63, 3.8) is 0 Å². The van der Waals surface area contributed by atoms with E-state index in [4.69, 9.17) is 16.6 Å². The van der Waals surface area contributed by atoms with E-state index < -0.39 is 0 Å². The van der Waals surface area contributed by atoms with Gasteiger partial charge in [0.25, 0.3) is 5.91 Å². The summed E-state index contributed by atoms with van der Waals surface area (Å²) in [5.41, 5.74) is 3.73. The average molecular weight is 397 g/mol. The highest BCUT2D eigenvalue weighted by Crippen LogP contribution is 2.30. The van der Waals surface area contributed by atoms with Crippen LogP contribution in [0.15, 0.2) is 71.4 Å². The van der Waals surface area contributed by atoms with E-state index in [1.54, 1.807) is 11.3 Å². The molecule has 0 aliphatic heterocycles. The van der Waals surface area contributed by atoms with Crippen LogP contribution in [0.4, 0.5) is 5.69 Å². The van der Waals surface area contributed by atoms with Crippen molar-refractivity contribution in [2.75, 3.05) is 5.32 Å². The molecule has 0 saturated heterocycles. The number of anilines is 1. The van der Waals surface area contributed by atoms with Gasteiger partial charge in [-0.25, -0.2) is 4.98 Å². The SMILES string of the molecule is O=C(Nc1ccc(-c2csc(-c3ccc(Cl)cc3)n2)cc1)c1cccs1. The molecule has 6 heteroatoms. The van der Waals surface area contributed by atoms with Crippen molar-refractivity contribution in [1.29, 1.82) is 0 Å². The van der Waals surface area contributed by atoms with Gasteiger partial charge >= 0.3 is 0 Å². The molecule has 0 aliphatic carbocycles. The Morgan fingerprint density at radius 3 is 2.35 bits per heavy atom. The lowest BCUT2D eigenvalue weighted by atomic mass is 10.1. The maximum absolute atomic E-state index is 12.1. The molecule has 1 amide bonds. The lowest BCUT2D eigenvalue weighted by molar-refractivity contribution is 0.103. The predicted molar refractivity (Wildman–Crippen MR) is 110 cm³/mol. The molecular formula is C20H13ClN2OS2. The molecule has 2 heterocycles. The topological polar surface area (TPSA) is 42.0 Å². The Kier molecular flexibility index (Phi) is 4.84. The summed E-state index contributed by atoms with van der Waals surface area (Å²) in [5, 5.41) is 8.48. The van der Waals surface area contributed by atoms with Gasteiger partial charge < -0.3 is 5.32 Å². The summed E-state index contributed by atoms with van der Waals surface area (Å²) in [6.07, 6.45) is 0. The van der Waals surface area contributed by atoms with Gasteiger partial charge in [0.2, 0.25) is 0 Å². The van der Waals surface area contributed by atoms with Gasteiger partial charge in [-0.1, -0.05) is 41.9 Å². The van der Waals surface area contributed by atoms with E-state index in [1.165, 1.54) is 11.3 Å². The molecule has 26 heavy (non-hydrogen) atoms. The zero-order valence-electron chi connectivity index (χ0n) is 13.5. The normalized spacial score (nSPS) is 10.7. The summed E-state index contributed by atoms with van der Waals surface area (Å²) >= 11 is 8.95. The van der Waals surface area contributed by atoms with Crippen LogP contribution in [0.25, 0.3) is 21.8 Å². The molecule has 1 N–H and O–H groups in total. The van der Waals surface area contributed by atoms with E-state index in [9.17, 15) is 4.79 Å². The van der Waals surface area contributed by atoms with Crippen LogP contribution in [-0.4, -0.2) is 10.9 Å². The molecule has 3 nitrogen and oxygen atoms in total. The number of aromatic nitrogens is 1. The van der Waals surface area contributed by atoms with E-state index in [2.05, 4.69) is 5.32 Å². The summed E-state index contributed by atoms with van der Waals surface area (Å²) < 4.78 is 0. The number of amides is 1. The highest BCUT2D eigenvalue weighted by molar-refractivity contribution is 7.13. The van der Waals surface area contributed by atoms with Gasteiger partial charge in [0, 0.05) is 27.2 Å². The highest BCUT2D eigenvalue weighted by Gasteiger charge is 2.09. The molecular weight excluding hydrogens is 384 g/mol. The number of carbonyl (C=O) groups excluding carboxylic acids is 1. The fourth-order valence-corrected chi connectivity index (χ4v) is 4.04. The number of nitrogens with zero attached hydrogens (tertiary/aromatic N) is 1. The van der Waals surface area contributed by atoms with Crippen molar-refractivity contribution in [3.05, 3.63) is 81.3 Å². The van der Waals surface area contributed by atoms with Crippen LogP contribution >= 0.6 is 34.3 Å². The number of hydrogen-bond donors (Lipinski definition) is 1. The Morgan fingerprint density at radius 2 is 1.65 bits per heavy atom. The van der Waals surface area contributed by atoms with Gasteiger partial charge in [0.05, 0.1) is 10.6 Å². The molecule has 0 spiro atoms. The van der Waals surface area contributed by atoms with Gasteiger partial charge in [0.1, 0.15) is 5.01 Å². The minimum Gasteiger partial charge on any atom is -0.321 e. The highest BCUT2D eigenvalue weighted by atomic mass is 35.5. The number of thiophene rings is 1. The molecule has 0 fully saturated rings. The molecule has 0 bridgehead atoms. The van der Waals surface area contributed by atoms with E-state index in [0.717, 1.165) is 27.5 Å². The molecule has 4 aromatic rings. The van der Waals surface area contributed by atoms with Crippen molar-refractivity contribution in [2.24, 2.45) is 0 Å². The Hall–Kier alpha value is -2.47. The Balaban J connectivity index is 1.50. The number of carbonyl (C=O) groups is 1. The van der Waals surface area contributed by atoms with Gasteiger partial charge in [-0.15, -0.1) is 22.7 Å². The largest absolute Gasteiger partial charge is 0.321 e. The van der Waals surface area contributed by atoms with Gasteiger partial charge in [-0.2, -0.15) is 0 Å². The Morgan fingerprint density at radius 1 is 0.923 bits per heavy atom. The minimum atomic E-state index is -0.0913. The number of benzene rings is 2. The van der Waals surface area contributed by atoms with E-state index in [1.807, 2.05) is 71.4 Å². The number of thiazole rings is 1. The average Bonchev–Trinajstić information content (AvgIpc) is 3.35. The number of hydrogen-bond acceptors (Lipinski definition) is 4. The first kappa shape index (κ1) is 17.0. The molecule has 2 aromatic carbocycles. The van der Waals surface area contributed by atoms with E-state index in [-0.39, 0.29) is 5.91 Å². The third kappa shape index (κ3) is 3.70. The monoisotopic (exact) mass is 396 g/mol. The zero-order valence-corrected chi connectivity index (χ0v) is 15.9. The van der Waals surface area contributed by atoms with Crippen molar-refractivity contribution >= 4 is 45.9 Å². The first-order valence-corrected chi connectivity index (χ1v) is 9.99. The summed E-state index contributed by atoms with van der Waals surface area (Å²) in [6.45, 7) is 0. The third-order valence-corrected chi connectivity index (χ3v) is 5.79. The van der Waals surface area contributed by atoms with Crippen LogP contribution in [0, 0.1) is 0 Å². The minimum absolute atomic E-state index is 0.0913. The number of rotatable bonds is 4. The van der Waals surface area contributed by atoms with Crippen LogP contribution in [0.1, 0.15) is 9.67 Å². The molecule has 0 aliphatic rings. The van der Waals surface area contributed by atoms with E-state index >= 15 is 0 Å². The lowest BCUT2D eigenvalue weighted by Crippen LogP contribution is -2.09. The maximum Gasteiger partial charge on any atom is 0.265 e. The number of nitrogens with one attached hydrogen (secondary N) is 1. The van der Waals surface area contributed by atoms with Crippen LogP contribution < -0.4 is 5.32 Å². The van der Waals surface area contributed by atoms with Crippen molar-refractivity contribution in [1.82, 2.24) is 4.98 Å². The Labute approximate surface area is 163 Å². The molecule has 4 rings (SSSR count). The van der Waals surface area contributed by atoms with Crippen LogP contribution in [0.2, 0.25) is 5.02 Å². The second-order valence-corrected chi connectivity index (χ2v) is 7.80. The molecule has 0 radical (unpaired) electrons. The molecule has 0 atom stereocenters.